The number of aryl methyl sites for hydroxylation is 2. The van der Waals surface area contributed by atoms with Gasteiger partial charge in [-0.25, -0.2) is 0 Å². The molecule has 198 valence electrons. The van der Waals surface area contributed by atoms with Crippen LogP contribution in [0.3, 0.4) is 0 Å². The molecule has 0 amide bonds. The van der Waals surface area contributed by atoms with Gasteiger partial charge in [0.1, 0.15) is 0 Å². The van der Waals surface area contributed by atoms with Crippen molar-refractivity contribution in [3.05, 3.63) is 139 Å². The molecule has 0 N–H and O–H groups in total. The number of hydrogen-bond acceptors (Lipinski definition) is 0. The molecule has 0 fully saturated rings. The molecule has 7 aromatic rings. The summed E-state index contributed by atoms with van der Waals surface area (Å²) in [6.07, 6.45) is 0. The Kier molecular flexibility index (Phi) is 13.6. The standard InChI is InChI=1S/2C14H11.C8H10Si.2ClH.Zr/c2*1-10-8-12-7-6-11-4-2-3-5-13(11)14(12)9-10;1-2-9-8-6-4-3-5-7-8;;;/h2*2-9H,1H3;3-7H,2H2,1H3;2*1H;/q2*-1;;;;+4/p-2. The van der Waals surface area contributed by atoms with Crippen molar-refractivity contribution in [2.24, 2.45) is 0 Å². The third-order valence-electron chi connectivity index (χ3n) is 6.67. The molecular weight excluding hydrogens is 623 g/mol. The van der Waals surface area contributed by atoms with Gasteiger partial charge < -0.3 is 24.8 Å². The first kappa shape index (κ1) is 33.7. The van der Waals surface area contributed by atoms with E-state index in [1.54, 1.807) is 0 Å². The molecule has 2 radical (unpaired) electrons. The van der Waals surface area contributed by atoms with Crippen LogP contribution in [0.4, 0.5) is 0 Å². The van der Waals surface area contributed by atoms with E-state index in [-0.39, 0.29) is 51.0 Å². The number of fused-ring (bicyclic) bond motifs is 6. The third-order valence-corrected chi connectivity index (χ3v) is 7.77. The minimum Gasteiger partial charge on any atom is -1.00 e. The van der Waals surface area contributed by atoms with Crippen molar-refractivity contribution in [1.29, 1.82) is 0 Å². The summed E-state index contributed by atoms with van der Waals surface area (Å²) in [5.74, 6) is 0. The molecule has 7 rings (SSSR count). The summed E-state index contributed by atoms with van der Waals surface area (Å²) in [6.45, 7) is 6.51. The molecular formula is C36H32Cl2SiZr. The van der Waals surface area contributed by atoms with Crippen LogP contribution in [0.25, 0.3) is 43.1 Å². The summed E-state index contributed by atoms with van der Waals surface area (Å²) in [4.78, 5) is 0. The molecule has 0 saturated heterocycles. The molecule has 0 nitrogen and oxygen atoms in total. The average Bonchev–Trinajstić information content (AvgIpc) is 3.51. The minimum atomic E-state index is 0. The molecule has 0 spiro atoms. The summed E-state index contributed by atoms with van der Waals surface area (Å²) in [5, 5.41) is 12.3. The van der Waals surface area contributed by atoms with E-state index in [9.17, 15) is 0 Å². The van der Waals surface area contributed by atoms with E-state index < -0.39 is 0 Å². The fraction of sp³-hybridized carbons (Fsp3) is 0.111. The van der Waals surface area contributed by atoms with Gasteiger partial charge in [-0.1, -0.05) is 134 Å². The van der Waals surface area contributed by atoms with Crippen molar-refractivity contribution in [1.82, 2.24) is 0 Å². The SMILES string of the molecule is CC[Si]c1ccccc1.Cc1cc2c(ccc3ccccc32)[cH-]1.Cc1cc2c(ccc3ccccc32)[cH-]1.[Cl-].[Cl-].[Zr+4]. The predicted molar refractivity (Wildman–Crippen MR) is 166 cm³/mol. The molecule has 0 aliphatic heterocycles. The van der Waals surface area contributed by atoms with E-state index >= 15 is 0 Å². The Balaban J connectivity index is 0.000000208. The predicted octanol–water partition coefficient (Wildman–Crippen LogP) is 3.50. The minimum absolute atomic E-state index is 0. The number of rotatable bonds is 2. The smallest absolute Gasteiger partial charge is 1.00 e. The summed E-state index contributed by atoms with van der Waals surface area (Å²) in [7, 11) is 0.987. The van der Waals surface area contributed by atoms with Crippen LogP contribution in [0.2, 0.25) is 6.04 Å². The molecule has 0 aliphatic carbocycles. The molecule has 40 heavy (non-hydrogen) atoms. The van der Waals surface area contributed by atoms with Crippen LogP contribution in [-0.2, 0) is 26.2 Å². The summed E-state index contributed by atoms with van der Waals surface area (Å²) in [6, 6.07) is 46.8. The zero-order chi connectivity index (χ0) is 25.6. The van der Waals surface area contributed by atoms with Gasteiger partial charge in [-0.05, 0) is 10.8 Å². The Bertz CT molecular complexity index is 1650. The third kappa shape index (κ3) is 8.05. The van der Waals surface area contributed by atoms with Gasteiger partial charge in [0.05, 0.1) is 9.52 Å². The van der Waals surface area contributed by atoms with Crippen molar-refractivity contribution in [3.8, 4) is 0 Å². The first-order chi connectivity index (χ1) is 18.1. The monoisotopic (exact) mass is 652 g/mol. The van der Waals surface area contributed by atoms with Gasteiger partial charge in [-0.3, -0.25) is 0 Å². The molecule has 0 atom stereocenters. The van der Waals surface area contributed by atoms with Crippen LogP contribution < -0.4 is 30.0 Å². The zero-order valence-corrected chi connectivity index (χ0v) is 28.1. The van der Waals surface area contributed by atoms with Crippen molar-refractivity contribution in [3.63, 3.8) is 0 Å². The van der Waals surface area contributed by atoms with Crippen molar-refractivity contribution in [2.75, 3.05) is 0 Å². The van der Waals surface area contributed by atoms with Crippen molar-refractivity contribution in [2.45, 2.75) is 26.8 Å². The Morgan fingerprint density at radius 1 is 0.525 bits per heavy atom. The molecule has 0 aromatic heterocycles. The molecule has 0 aliphatic rings. The Morgan fingerprint density at radius 3 is 1.40 bits per heavy atom. The second-order valence-corrected chi connectivity index (χ2v) is 11.2. The van der Waals surface area contributed by atoms with Gasteiger partial charge in [0.2, 0.25) is 0 Å². The van der Waals surface area contributed by atoms with Crippen LogP contribution >= 0.6 is 0 Å². The molecule has 0 saturated carbocycles. The molecule has 0 bridgehead atoms. The molecule has 4 heteroatoms. The van der Waals surface area contributed by atoms with E-state index in [1.807, 2.05) is 0 Å². The van der Waals surface area contributed by atoms with Crippen LogP contribution in [-0.4, -0.2) is 9.52 Å². The van der Waals surface area contributed by atoms with E-state index in [0.717, 1.165) is 9.52 Å². The number of hydrogen-bond donors (Lipinski definition) is 0. The van der Waals surface area contributed by atoms with E-state index in [0.29, 0.717) is 0 Å². The maximum Gasteiger partial charge on any atom is 4.00 e. The quantitative estimate of drug-likeness (QED) is 0.198. The maximum atomic E-state index is 2.26. The van der Waals surface area contributed by atoms with E-state index in [2.05, 4.69) is 148 Å². The summed E-state index contributed by atoms with van der Waals surface area (Å²) in [5.41, 5.74) is 2.69. The maximum absolute atomic E-state index is 2.26. The molecule has 7 aromatic carbocycles. The Morgan fingerprint density at radius 2 is 0.950 bits per heavy atom. The van der Waals surface area contributed by atoms with Gasteiger partial charge in [0.15, 0.2) is 0 Å². The van der Waals surface area contributed by atoms with Gasteiger partial charge in [-0.15, -0.1) is 56.9 Å². The van der Waals surface area contributed by atoms with Gasteiger partial charge >= 0.3 is 26.2 Å². The largest absolute Gasteiger partial charge is 4.00 e. The summed E-state index contributed by atoms with van der Waals surface area (Å²) < 4.78 is 0. The number of halogens is 2. The number of benzene rings is 5. The van der Waals surface area contributed by atoms with Crippen molar-refractivity contribution < 1.29 is 51.0 Å². The average molecular weight is 655 g/mol. The Labute approximate surface area is 272 Å². The van der Waals surface area contributed by atoms with Crippen molar-refractivity contribution >= 4 is 57.8 Å². The normalized spacial score (nSPS) is 9.97. The first-order valence-electron chi connectivity index (χ1n) is 13.0. The van der Waals surface area contributed by atoms with E-state index in [4.69, 9.17) is 0 Å². The van der Waals surface area contributed by atoms with Crippen LogP contribution in [0.5, 0.6) is 0 Å². The van der Waals surface area contributed by atoms with Gasteiger partial charge in [0.25, 0.3) is 0 Å². The van der Waals surface area contributed by atoms with Crippen LogP contribution in [0.1, 0.15) is 18.1 Å². The first-order valence-corrected chi connectivity index (χ1v) is 14.2. The second kappa shape index (κ2) is 16.1. The zero-order valence-electron chi connectivity index (χ0n) is 23.1. The fourth-order valence-corrected chi connectivity index (χ4v) is 5.82. The Hall–Kier alpha value is -2.48. The van der Waals surface area contributed by atoms with Crippen LogP contribution in [0, 0.1) is 13.8 Å². The second-order valence-electron chi connectivity index (χ2n) is 9.54. The van der Waals surface area contributed by atoms with E-state index in [1.165, 1.54) is 65.4 Å². The van der Waals surface area contributed by atoms with Gasteiger partial charge in [0, 0.05) is 0 Å². The van der Waals surface area contributed by atoms with Crippen LogP contribution in [0.15, 0.2) is 127 Å². The topological polar surface area (TPSA) is 0 Å². The fourth-order valence-electron chi connectivity index (χ4n) is 4.99. The molecule has 0 heterocycles. The molecule has 0 unspecified atom stereocenters. The summed E-state index contributed by atoms with van der Waals surface area (Å²) >= 11 is 0. The van der Waals surface area contributed by atoms with Gasteiger partial charge in [-0.2, -0.15) is 12.1 Å².